The van der Waals surface area contributed by atoms with Crippen molar-refractivity contribution in [2.24, 2.45) is 0 Å². The number of non-ortho nitro benzene ring substituents is 1. The standard InChI is InChI=1S/C12H13N5O4S/c13-12-7-10-8-15(5-6-16(10)14-12)22(20,21)11-3-1-9(2-4-11)17(18)19/h1-4,7H,5-6,8H2,(H2,13,14). The SMILES string of the molecule is Nc1cc2n(n1)CCN(S(=O)(=O)c1ccc([N+](=O)[O-])cc1)C2. The summed E-state index contributed by atoms with van der Waals surface area (Å²) in [6.07, 6.45) is 0. The number of rotatable bonds is 3. The van der Waals surface area contributed by atoms with Gasteiger partial charge in [0.15, 0.2) is 0 Å². The lowest BCUT2D eigenvalue weighted by atomic mass is 10.3. The maximum Gasteiger partial charge on any atom is 0.269 e. The summed E-state index contributed by atoms with van der Waals surface area (Å²) in [7, 11) is -3.71. The second-order valence-corrected chi connectivity index (χ2v) is 6.81. The Kier molecular flexibility index (Phi) is 3.34. The van der Waals surface area contributed by atoms with Crippen molar-refractivity contribution in [3.05, 3.63) is 46.1 Å². The van der Waals surface area contributed by atoms with Crippen molar-refractivity contribution in [2.75, 3.05) is 12.3 Å². The molecule has 0 spiro atoms. The zero-order chi connectivity index (χ0) is 15.9. The number of aromatic nitrogens is 2. The predicted molar refractivity (Wildman–Crippen MR) is 77.3 cm³/mol. The molecule has 0 bridgehead atoms. The van der Waals surface area contributed by atoms with E-state index in [2.05, 4.69) is 5.10 Å². The molecule has 9 nitrogen and oxygen atoms in total. The van der Waals surface area contributed by atoms with Gasteiger partial charge in [0.25, 0.3) is 5.69 Å². The number of nitro benzene ring substituents is 1. The molecular formula is C12H13N5O4S. The highest BCUT2D eigenvalue weighted by Gasteiger charge is 2.29. The fourth-order valence-electron chi connectivity index (χ4n) is 2.36. The van der Waals surface area contributed by atoms with E-state index in [4.69, 9.17) is 5.73 Å². The van der Waals surface area contributed by atoms with Crippen LogP contribution in [0.4, 0.5) is 11.5 Å². The number of nitro groups is 1. The number of nitrogen functional groups attached to an aromatic ring is 1. The quantitative estimate of drug-likeness (QED) is 0.650. The summed E-state index contributed by atoms with van der Waals surface area (Å²) in [6, 6.07) is 6.48. The summed E-state index contributed by atoms with van der Waals surface area (Å²) >= 11 is 0. The molecule has 0 unspecified atom stereocenters. The molecule has 3 rings (SSSR count). The lowest BCUT2D eigenvalue weighted by Gasteiger charge is -2.26. The van der Waals surface area contributed by atoms with Gasteiger partial charge in [0, 0.05) is 24.7 Å². The zero-order valence-corrected chi connectivity index (χ0v) is 12.2. The van der Waals surface area contributed by atoms with E-state index in [1.54, 1.807) is 10.7 Å². The van der Waals surface area contributed by atoms with Gasteiger partial charge >= 0.3 is 0 Å². The van der Waals surface area contributed by atoms with Gasteiger partial charge in [-0.05, 0) is 12.1 Å². The molecule has 1 aliphatic rings. The van der Waals surface area contributed by atoms with Gasteiger partial charge in [0.1, 0.15) is 5.82 Å². The first kappa shape index (κ1) is 14.5. The second kappa shape index (κ2) is 5.07. The Balaban J connectivity index is 1.89. The molecule has 0 atom stereocenters. The van der Waals surface area contributed by atoms with Crippen molar-refractivity contribution in [2.45, 2.75) is 18.0 Å². The van der Waals surface area contributed by atoms with Gasteiger partial charge < -0.3 is 5.73 Å². The lowest BCUT2D eigenvalue weighted by Crippen LogP contribution is -2.38. The highest BCUT2D eigenvalue weighted by molar-refractivity contribution is 7.89. The van der Waals surface area contributed by atoms with Crippen LogP contribution in [0, 0.1) is 10.1 Å². The summed E-state index contributed by atoms with van der Waals surface area (Å²) in [5.74, 6) is 0.351. The van der Waals surface area contributed by atoms with Gasteiger partial charge in [-0.2, -0.15) is 9.40 Å². The van der Waals surface area contributed by atoms with E-state index >= 15 is 0 Å². The van der Waals surface area contributed by atoms with E-state index in [-0.39, 0.29) is 23.7 Å². The summed E-state index contributed by atoms with van der Waals surface area (Å²) < 4.78 is 28.1. The molecule has 0 saturated carbocycles. The summed E-state index contributed by atoms with van der Waals surface area (Å²) in [6.45, 7) is 0.857. The first-order valence-electron chi connectivity index (χ1n) is 6.45. The van der Waals surface area contributed by atoms with Gasteiger partial charge in [0.05, 0.1) is 28.6 Å². The Morgan fingerprint density at radius 1 is 1.23 bits per heavy atom. The molecule has 2 aromatic rings. The Bertz CT molecular complexity index is 828. The van der Waals surface area contributed by atoms with Gasteiger partial charge in [0.2, 0.25) is 10.0 Å². The van der Waals surface area contributed by atoms with Crippen molar-refractivity contribution >= 4 is 21.5 Å². The fraction of sp³-hybridized carbons (Fsp3) is 0.250. The van der Waals surface area contributed by atoms with Crippen LogP contribution < -0.4 is 5.73 Å². The molecule has 2 N–H and O–H groups in total. The molecule has 2 heterocycles. The van der Waals surface area contributed by atoms with Gasteiger partial charge in [-0.1, -0.05) is 0 Å². The number of sulfonamides is 1. The molecule has 0 aliphatic carbocycles. The summed E-state index contributed by atoms with van der Waals surface area (Å²) in [5.41, 5.74) is 6.17. The number of benzene rings is 1. The second-order valence-electron chi connectivity index (χ2n) is 4.87. The molecule has 22 heavy (non-hydrogen) atoms. The van der Waals surface area contributed by atoms with E-state index < -0.39 is 14.9 Å². The van der Waals surface area contributed by atoms with Crippen LogP contribution in [0.15, 0.2) is 35.2 Å². The van der Waals surface area contributed by atoms with E-state index in [0.717, 1.165) is 0 Å². The molecular weight excluding hydrogens is 310 g/mol. The van der Waals surface area contributed by atoms with Gasteiger partial charge in [-0.3, -0.25) is 14.8 Å². The molecule has 1 aromatic heterocycles. The van der Waals surface area contributed by atoms with E-state index in [1.807, 2.05) is 0 Å². The van der Waals surface area contributed by atoms with Crippen molar-refractivity contribution < 1.29 is 13.3 Å². The first-order valence-corrected chi connectivity index (χ1v) is 7.89. The van der Waals surface area contributed by atoms with Crippen LogP contribution in [0.2, 0.25) is 0 Å². The number of nitrogens with zero attached hydrogens (tertiary/aromatic N) is 4. The van der Waals surface area contributed by atoms with Crippen molar-refractivity contribution in [3.63, 3.8) is 0 Å². The van der Waals surface area contributed by atoms with Crippen LogP contribution >= 0.6 is 0 Å². The third kappa shape index (κ3) is 2.42. The number of nitrogens with two attached hydrogens (primary N) is 1. The molecule has 0 fully saturated rings. The fourth-order valence-corrected chi connectivity index (χ4v) is 3.76. The van der Waals surface area contributed by atoms with E-state index in [1.165, 1.54) is 28.6 Å². The molecule has 0 amide bonds. The molecule has 1 aliphatic heterocycles. The van der Waals surface area contributed by atoms with Crippen molar-refractivity contribution in [1.82, 2.24) is 14.1 Å². The minimum atomic E-state index is -3.71. The third-order valence-corrected chi connectivity index (χ3v) is 5.33. The minimum Gasteiger partial charge on any atom is -0.382 e. The van der Waals surface area contributed by atoms with Gasteiger partial charge in [-0.15, -0.1) is 0 Å². The van der Waals surface area contributed by atoms with E-state index in [0.29, 0.717) is 18.1 Å². The lowest BCUT2D eigenvalue weighted by molar-refractivity contribution is -0.384. The van der Waals surface area contributed by atoms with Crippen LogP contribution in [-0.2, 0) is 23.1 Å². The number of hydrogen-bond donors (Lipinski definition) is 1. The highest BCUT2D eigenvalue weighted by atomic mass is 32.2. The highest BCUT2D eigenvalue weighted by Crippen LogP contribution is 2.24. The topological polar surface area (TPSA) is 124 Å². The minimum absolute atomic E-state index is 0.0269. The van der Waals surface area contributed by atoms with Crippen molar-refractivity contribution in [1.29, 1.82) is 0 Å². The van der Waals surface area contributed by atoms with Crippen LogP contribution in [0.3, 0.4) is 0 Å². The van der Waals surface area contributed by atoms with Crippen LogP contribution in [0.25, 0.3) is 0 Å². The zero-order valence-electron chi connectivity index (χ0n) is 11.4. The first-order chi connectivity index (χ1) is 10.4. The van der Waals surface area contributed by atoms with E-state index in [9.17, 15) is 18.5 Å². The predicted octanol–water partition coefficient (Wildman–Crippen LogP) is 0.578. The smallest absolute Gasteiger partial charge is 0.269 e. The number of anilines is 1. The molecule has 10 heteroatoms. The van der Waals surface area contributed by atoms with Crippen LogP contribution in [-0.4, -0.2) is 34.0 Å². The number of fused-ring (bicyclic) bond motifs is 1. The third-order valence-electron chi connectivity index (χ3n) is 3.47. The number of hydrogen-bond acceptors (Lipinski definition) is 6. The van der Waals surface area contributed by atoms with Crippen molar-refractivity contribution in [3.8, 4) is 0 Å². The van der Waals surface area contributed by atoms with Gasteiger partial charge in [-0.25, -0.2) is 8.42 Å². The Labute approximate surface area is 126 Å². The average molecular weight is 323 g/mol. The maximum absolute atomic E-state index is 12.6. The summed E-state index contributed by atoms with van der Waals surface area (Å²) in [5, 5.41) is 14.7. The molecule has 116 valence electrons. The normalized spacial score (nSPS) is 15.5. The monoisotopic (exact) mass is 323 g/mol. The Morgan fingerprint density at radius 2 is 1.91 bits per heavy atom. The van der Waals surface area contributed by atoms with Crippen LogP contribution in [0.1, 0.15) is 5.69 Å². The summed E-state index contributed by atoms with van der Waals surface area (Å²) in [4.78, 5) is 10.1. The maximum atomic E-state index is 12.6. The largest absolute Gasteiger partial charge is 0.382 e. The Morgan fingerprint density at radius 3 is 2.55 bits per heavy atom. The molecule has 0 radical (unpaired) electrons. The average Bonchev–Trinajstić information content (AvgIpc) is 2.86. The molecule has 0 saturated heterocycles. The molecule has 1 aromatic carbocycles. The van der Waals surface area contributed by atoms with Crippen LogP contribution in [0.5, 0.6) is 0 Å². The Hall–Kier alpha value is -2.46.